The van der Waals surface area contributed by atoms with Crippen molar-refractivity contribution in [1.29, 1.82) is 0 Å². The second-order valence-electron chi connectivity index (χ2n) is 6.49. The number of hydrogen-bond acceptors (Lipinski definition) is 3. The van der Waals surface area contributed by atoms with Gasteiger partial charge in [0, 0.05) is 20.5 Å². The van der Waals surface area contributed by atoms with E-state index in [1.165, 1.54) is 9.13 Å². The molecule has 5 heteroatoms. The van der Waals surface area contributed by atoms with E-state index < -0.39 is 11.4 Å². The van der Waals surface area contributed by atoms with Gasteiger partial charge in [-0.2, -0.15) is 0 Å². The molecule has 0 unspecified atom stereocenters. The van der Waals surface area contributed by atoms with Crippen molar-refractivity contribution in [2.24, 2.45) is 0 Å². The number of Topliss-reactive ketones (excluding diaryl/α,β-unsaturated/α-hetero) is 1. The molecule has 3 nitrogen and oxygen atoms in total. The molecule has 0 aliphatic carbocycles. The van der Waals surface area contributed by atoms with Crippen LogP contribution in [-0.4, -0.2) is 32.0 Å². The zero-order valence-electron chi connectivity index (χ0n) is 13.4. The lowest BCUT2D eigenvalue weighted by atomic mass is 9.98. The number of nitrogens with zero attached hydrogens (tertiary/aromatic N) is 1. The first-order valence-electron chi connectivity index (χ1n) is 7.35. The molecule has 1 aromatic rings. The standard InChI is InChI=1S/C17H22INO2S/c1-12(20)14-9-10-19(22(21)17(2,3)4)16(14)11-13-7-5-6-8-15(13)18/h5-9,16H,10-11H2,1-4H3/t16-,22-/m0/s1. The van der Waals surface area contributed by atoms with Crippen LogP contribution in [0.2, 0.25) is 0 Å². The zero-order valence-corrected chi connectivity index (χ0v) is 16.4. The Bertz CT molecular complexity index is 595. The summed E-state index contributed by atoms with van der Waals surface area (Å²) in [6.45, 7) is 8.08. The summed E-state index contributed by atoms with van der Waals surface area (Å²) < 4.78 is 15.6. The van der Waals surface area contributed by atoms with Crippen molar-refractivity contribution in [3.63, 3.8) is 0 Å². The molecule has 0 saturated carbocycles. The minimum absolute atomic E-state index is 0.0735. The summed E-state index contributed by atoms with van der Waals surface area (Å²) in [5.41, 5.74) is 1.98. The number of ketones is 1. The molecular formula is C17H22INO2S. The van der Waals surface area contributed by atoms with Crippen LogP contribution in [0.15, 0.2) is 35.9 Å². The number of hydrogen-bond donors (Lipinski definition) is 0. The molecule has 0 bridgehead atoms. The van der Waals surface area contributed by atoms with Gasteiger partial charge in [-0.05, 0) is 68.3 Å². The van der Waals surface area contributed by atoms with E-state index in [0.717, 1.165) is 5.57 Å². The molecule has 120 valence electrons. The van der Waals surface area contributed by atoms with Gasteiger partial charge < -0.3 is 4.55 Å². The summed E-state index contributed by atoms with van der Waals surface area (Å²) in [7, 11) is 0. The summed E-state index contributed by atoms with van der Waals surface area (Å²) in [6, 6.07) is 8.05. The SMILES string of the molecule is CC(=O)C1=CCN([S@@+]([O-])C(C)(C)C)[C@H]1Cc1ccccc1I. The lowest BCUT2D eigenvalue weighted by molar-refractivity contribution is -0.113. The first-order chi connectivity index (χ1) is 10.2. The van der Waals surface area contributed by atoms with Gasteiger partial charge in [-0.15, -0.1) is 4.31 Å². The van der Waals surface area contributed by atoms with Crippen molar-refractivity contribution in [1.82, 2.24) is 4.31 Å². The molecule has 1 aromatic carbocycles. The van der Waals surface area contributed by atoms with Crippen LogP contribution in [0.3, 0.4) is 0 Å². The van der Waals surface area contributed by atoms with Crippen LogP contribution >= 0.6 is 22.6 Å². The van der Waals surface area contributed by atoms with E-state index in [1.807, 2.05) is 43.3 Å². The Labute approximate surface area is 149 Å². The number of carbonyl (C=O) groups is 1. The summed E-state index contributed by atoms with van der Waals surface area (Å²) in [6.07, 6.45) is 2.65. The summed E-state index contributed by atoms with van der Waals surface area (Å²) in [5.74, 6) is 0.0735. The number of benzene rings is 1. The van der Waals surface area contributed by atoms with Crippen LogP contribution in [0.25, 0.3) is 0 Å². The summed E-state index contributed by atoms with van der Waals surface area (Å²) in [4.78, 5) is 12.0. The Morgan fingerprint density at radius 3 is 2.59 bits per heavy atom. The molecule has 0 amide bonds. The van der Waals surface area contributed by atoms with Crippen LogP contribution in [0.1, 0.15) is 33.3 Å². The lowest BCUT2D eigenvalue weighted by Crippen LogP contribution is -2.47. The Morgan fingerprint density at radius 1 is 1.41 bits per heavy atom. The predicted molar refractivity (Wildman–Crippen MR) is 100 cm³/mol. The highest BCUT2D eigenvalue weighted by Crippen LogP contribution is 2.32. The van der Waals surface area contributed by atoms with E-state index in [1.54, 1.807) is 6.92 Å². The molecule has 0 fully saturated rings. The smallest absolute Gasteiger partial charge is 0.157 e. The molecule has 1 aliphatic heterocycles. The van der Waals surface area contributed by atoms with Crippen LogP contribution in [0.5, 0.6) is 0 Å². The van der Waals surface area contributed by atoms with Gasteiger partial charge in [0.2, 0.25) is 0 Å². The normalized spacial score (nSPS) is 20.8. The van der Waals surface area contributed by atoms with Gasteiger partial charge in [0.15, 0.2) is 5.78 Å². The Morgan fingerprint density at radius 2 is 2.05 bits per heavy atom. The van der Waals surface area contributed by atoms with E-state index in [-0.39, 0.29) is 16.6 Å². The predicted octanol–water partition coefficient (Wildman–Crippen LogP) is 3.50. The van der Waals surface area contributed by atoms with Gasteiger partial charge >= 0.3 is 0 Å². The number of rotatable bonds is 4. The third-order valence-corrected chi connectivity index (χ3v) is 6.64. The largest absolute Gasteiger partial charge is 0.597 e. The molecule has 0 saturated heterocycles. The molecule has 2 atom stereocenters. The molecule has 0 aromatic heterocycles. The fraction of sp³-hybridized carbons (Fsp3) is 0.471. The van der Waals surface area contributed by atoms with Crippen molar-refractivity contribution >= 4 is 39.7 Å². The maximum absolute atomic E-state index is 12.8. The third kappa shape index (κ3) is 3.93. The summed E-state index contributed by atoms with van der Waals surface area (Å²) >= 11 is 1.18. The zero-order chi connectivity index (χ0) is 16.5. The van der Waals surface area contributed by atoms with Gasteiger partial charge in [0.25, 0.3) is 0 Å². The highest BCUT2D eigenvalue weighted by atomic mass is 127. The fourth-order valence-corrected chi connectivity index (χ4v) is 4.54. The van der Waals surface area contributed by atoms with Crippen molar-refractivity contribution < 1.29 is 9.35 Å². The van der Waals surface area contributed by atoms with Crippen LogP contribution < -0.4 is 0 Å². The maximum atomic E-state index is 12.8. The average Bonchev–Trinajstić information content (AvgIpc) is 2.83. The lowest BCUT2D eigenvalue weighted by Gasteiger charge is -2.34. The number of halogens is 1. The monoisotopic (exact) mass is 431 g/mol. The van der Waals surface area contributed by atoms with Crippen molar-refractivity contribution in [2.75, 3.05) is 6.54 Å². The molecular weight excluding hydrogens is 409 g/mol. The van der Waals surface area contributed by atoms with Crippen molar-refractivity contribution in [3.8, 4) is 0 Å². The minimum Gasteiger partial charge on any atom is -0.597 e. The molecule has 0 N–H and O–H groups in total. The second-order valence-corrected chi connectivity index (χ2v) is 9.84. The summed E-state index contributed by atoms with van der Waals surface area (Å²) in [5, 5.41) is 0. The van der Waals surface area contributed by atoms with E-state index in [0.29, 0.717) is 13.0 Å². The van der Waals surface area contributed by atoms with Gasteiger partial charge in [-0.25, -0.2) is 0 Å². The average molecular weight is 431 g/mol. The Hall–Kier alpha value is -0.370. The van der Waals surface area contributed by atoms with E-state index in [4.69, 9.17) is 0 Å². The Balaban J connectivity index is 2.30. The number of carbonyl (C=O) groups excluding carboxylic acids is 1. The first-order valence-corrected chi connectivity index (χ1v) is 9.53. The molecule has 1 aliphatic rings. The Kier molecular flexibility index (Phi) is 5.74. The first kappa shape index (κ1) is 18.0. The molecule has 0 radical (unpaired) electrons. The van der Waals surface area contributed by atoms with Gasteiger partial charge in [0.05, 0.1) is 12.6 Å². The van der Waals surface area contributed by atoms with Crippen molar-refractivity contribution in [3.05, 3.63) is 45.0 Å². The van der Waals surface area contributed by atoms with Gasteiger partial charge in [-0.3, -0.25) is 4.79 Å². The fourth-order valence-electron chi connectivity index (χ4n) is 2.60. The van der Waals surface area contributed by atoms with Crippen LogP contribution in [0, 0.1) is 3.57 Å². The quantitative estimate of drug-likeness (QED) is 0.542. The second kappa shape index (κ2) is 7.03. The van der Waals surface area contributed by atoms with E-state index in [9.17, 15) is 9.35 Å². The molecule has 1 heterocycles. The topological polar surface area (TPSA) is 43.4 Å². The third-order valence-electron chi connectivity index (χ3n) is 3.71. The molecule has 0 spiro atoms. The van der Waals surface area contributed by atoms with Gasteiger partial charge in [-0.1, -0.05) is 24.3 Å². The van der Waals surface area contributed by atoms with Crippen molar-refractivity contribution in [2.45, 2.75) is 44.9 Å². The van der Waals surface area contributed by atoms with E-state index in [2.05, 4.69) is 34.7 Å². The minimum atomic E-state index is -1.13. The molecule has 22 heavy (non-hydrogen) atoms. The van der Waals surface area contributed by atoms with E-state index >= 15 is 0 Å². The van der Waals surface area contributed by atoms with Crippen LogP contribution in [-0.2, 0) is 22.6 Å². The highest BCUT2D eigenvalue weighted by molar-refractivity contribution is 14.1. The van der Waals surface area contributed by atoms with Gasteiger partial charge in [0.1, 0.15) is 4.75 Å². The maximum Gasteiger partial charge on any atom is 0.157 e. The highest BCUT2D eigenvalue weighted by Gasteiger charge is 2.42. The van der Waals surface area contributed by atoms with Crippen LogP contribution in [0.4, 0.5) is 0 Å². The molecule has 2 rings (SSSR count).